The van der Waals surface area contributed by atoms with Crippen molar-refractivity contribution in [3.8, 4) is 0 Å². The Morgan fingerprint density at radius 2 is 2.19 bits per heavy atom. The molecule has 1 aromatic rings. The fourth-order valence-electron chi connectivity index (χ4n) is 1.34. The Bertz CT molecular complexity index is 412. The third kappa shape index (κ3) is 3.78. The lowest BCUT2D eigenvalue weighted by atomic mass is 10.0. The summed E-state index contributed by atoms with van der Waals surface area (Å²) in [7, 11) is 0. The van der Waals surface area contributed by atoms with Crippen LogP contribution in [0.15, 0.2) is 30.4 Å². The third-order valence-corrected chi connectivity index (χ3v) is 2.70. The van der Waals surface area contributed by atoms with Crippen LogP contribution in [0.4, 0.5) is 4.39 Å². The molecule has 16 heavy (non-hydrogen) atoms. The van der Waals surface area contributed by atoms with Gasteiger partial charge in [0.2, 0.25) is 0 Å². The number of allylic oxidation sites excluding steroid dienone is 1. The minimum atomic E-state index is -0.390. The van der Waals surface area contributed by atoms with E-state index < -0.39 is 0 Å². The second-order valence-corrected chi connectivity index (χ2v) is 4.14. The van der Waals surface area contributed by atoms with Crippen LogP contribution in [0.25, 0.3) is 0 Å². The Kier molecular flexibility index (Phi) is 4.69. The van der Waals surface area contributed by atoms with E-state index in [0.29, 0.717) is 17.0 Å². The number of carbonyl (C=O) groups excluding carboxylic acids is 1. The summed E-state index contributed by atoms with van der Waals surface area (Å²) >= 11 is 5.83. The molecule has 0 saturated heterocycles. The minimum absolute atomic E-state index is 0.0559. The van der Waals surface area contributed by atoms with E-state index in [1.165, 1.54) is 12.1 Å². The summed E-state index contributed by atoms with van der Waals surface area (Å²) < 4.78 is 12.8. The number of carbonyl (C=O) groups is 1. The lowest BCUT2D eigenvalue weighted by molar-refractivity contribution is -0.117. The first kappa shape index (κ1) is 12.9. The van der Waals surface area contributed by atoms with Gasteiger partial charge in [-0.3, -0.25) is 4.79 Å². The Balaban J connectivity index is 2.66. The number of hydrogen-bond donors (Lipinski definition) is 0. The highest BCUT2D eigenvalue weighted by Gasteiger charge is 2.08. The molecule has 86 valence electrons. The van der Waals surface area contributed by atoms with E-state index in [1.807, 2.05) is 6.92 Å². The zero-order valence-corrected chi connectivity index (χ0v) is 9.98. The molecule has 0 bridgehead atoms. The van der Waals surface area contributed by atoms with Crippen molar-refractivity contribution in [2.45, 2.75) is 26.2 Å². The van der Waals surface area contributed by atoms with E-state index in [4.69, 9.17) is 11.6 Å². The highest BCUT2D eigenvalue weighted by atomic mass is 35.5. The zero-order chi connectivity index (χ0) is 12.1. The summed E-state index contributed by atoms with van der Waals surface area (Å²) in [4.78, 5) is 11.6. The molecule has 0 fully saturated rings. The van der Waals surface area contributed by atoms with Crippen LogP contribution in [-0.4, -0.2) is 5.78 Å². The van der Waals surface area contributed by atoms with Gasteiger partial charge >= 0.3 is 0 Å². The van der Waals surface area contributed by atoms with Crippen molar-refractivity contribution in [1.82, 2.24) is 0 Å². The summed E-state index contributed by atoms with van der Waals surface area (Å²) in [6.07, 6.45) is 1.39. The lowest BCUT2D eigenvalue weighted by Crippen LogP contribution is -2.04. The monoisotopic (exact) mass is 240 g/mol. The molecule has 0 atom stereocenters. The van der Waals surface area contributed by atoms with Gasteiger partial charge in [-0.1, -0.05) is 36.7 Å². The maximum Gasteiger partial charge on any atom is 0.141 e. The van der Waals surface area contributed by atoms with Gasteiger partial charge in [0.25, 0.3) is 0 Å². The van der Waals surface area contributed by atoms with Crippen LogP contribution in [0, 0.1) is 5.82 Å². The molecule has 0 radical (unpaired) electrons. The standard InChI is InChI=1S/C13H14ClFO/c1-3-9(2)6-12(16)7-10-4-5-11(15)8-13(10)14/h4-5,8H,2-3,6-7H2,1H3. The van der Waals surface area contributed by atoms with Crippen molar-refractivity contribution in [1.29, 1.82) is 0 Å². The second-order valence-electron chi connectivity index (χ2n) is 3.73. The van der Waals surface area contributed by atoms with Crippen LogP contribution in [0.5, 0.6) is 0 Å². The largest absolute Gasteiger partial charge is 0.299 e. The fourth-order valence-corrected chi connectivity index (χ4v) is 1.58. The van der Waals surface area contributed by atoms with Gasteiger partial charge in [-0.05, 0) is 24.1 Å². The number of rotatable bonds is 5. The number of ketones is 1. The van der Waals surface area contributed by atoms with Gasteiger partial charge in [-0.15, -0.1) is 0 Å². The van der Waals surface area contributed by atoms with Crippen LogP contribution < -0.4 is 0 Å². The van der Waals surface area contributed by atoms with Gasteiger partial charge in [-0.25, -0.2) is 4.39 Å². The first-order valence-electron chi connectivity index (χ1n) is 5.15. The molecule has 3 heteroatoms. The summed E-state index contributed by atoms with van der Waals surface area (Å²) in [6.45, 7) is 5.74. The summed E-state index contributed by atoms with van der Waals surface area (Å²) in [6, 6.07) is 4.08. The first-order chi connectivity index (χ1) is 7.52. The van der Waals surface area contributed by atoms with Crippen molar-refractivity contribution in [2.75, 3.05) is 0 Å². The Morgan fingerprint density at radius 1 is 1.50 bits per heavy atom. The van der Waals surface area contributed by atoms with Crippen LogP contribution in [0.3, 0.4) is 0 Å². The normalized spacial score (nSPS) is 10.2. The second kappa shape index (κ2) is 5.80. The third-order valence-electron chi connectivity index (χ3n) is 2.35. The molecule has 0 N–H and O–H groups in total. The molecule has 1 rings (SSSR count). The van der Waals surface area contributed by atoms with E-state index in [2.05, 4.69) is 6.58 Å². The SMILES string of the molecule is C=C(CC)CC(=O)Cc1ccc(F)cc1Cl. The van der Waals surface area contributed by atoms with Gasteiger partial charge in [0.1, 0.15) is 11.6 Å². The molecule has 0 aliphatic carbocycles. The highest BCUT2D eigenvalue weighted by Crippen LogP contribution is 2.19. The Labute approximate surface area is 99.9 Å². The molecule has 0 amide bonds. The topological polar surface area (TPSA) is 17.1 Å². The smallest absolute Gasteiger partial charge is 0.141 e. The van der Waals surface area contributed by atoms with Crippen LogP contribution in [0.2, 0.25) is 5.02 Å². The van der Waals surface area contributed by atoms with Crippen LogP contribution in [-0.2, 0) is 11.2 Å². The minimum Gasteiger partial charge on any atom is -0.299 e. The Hall–Kier alpha value is -1.15. The summed E-state index contributed by atoms with van der Waals surface area (Å²) in [5, 5.41) is 0.301. The molecular formula is C13H14ClFO. The molecule has 0 aromatic heterocycles. The van der Waals surface area contributed by atoms with E-state index in [0.717, 1.165) is 12.0 Å². The Morgan fingerprint density at radius 3 is 2.75 bits per heavy atom. The molecule has 0 saturated carbocycles. The predicted molar refractivity (Wildman–Crippen MR) is 64.2 cm³/mol. The van der Waals surface area contributed by atoms with Crippen molar-refractivity contribution in [3.05, 3.63) is 46.8 Å². The van der Waals surface area contributed by atoms with E-state index in [-0.39, 0.29) is 18.0 Å². The number of hydrogen-bond acceptors (Lipinski definition) is 1. The number of benzene rings is 1. The maximum atomic E-state index is 12.8. The maximum absolute atomic E-state index is 12.8. The van der Waals surface area contributed by atoms with E-state index in [9.17, 15) is 9.18 Å². The fraction of sp³-hybridized carbons (Fsp3) is 0.308. The molecule has 1 nitrogen and oxygen atoms in total. The molecular weight excluding hydrogens is 227 g/mol. The zero-order valence-electron chi connectivity index (χ0n) is 9.22. The molecule has 0 unspecified atom stereocenters. The molecule has 0 heterocycles. The van der Waals surface area contributed by atoms with Crippen molar-refractivity contribution >= 4 is 17.4 Å². The number of halogens is 2. The van der Waals surface area contributed by atoms with Crippen LogP contribution >= 0.6 is 11.6 Å². The molecule has 0 spiro atoms. The summed E-state index contributed by atoms with van der Waals surface area (Å²) in [5.74, 6) is -0.334. The van der Waals surface area contributed by atoms with Gasteiger partial charge < -0.3 is 0 Å². The quantitative estimate of drug-likeness (QED) is 0.713. The van der Waals surface area contributed by atoms with Crippen LogP contribution in [0.1, 0.15) is 25.3 Å². The van der Waals surface area contributed by atoms with E-state index >= 15 is 0 Å². The predicted octanol–water partition coefficient (Wildman–Crippen LogP) is 3.95. The van der Waals surface area contributed by atoms with Gasteiger partial charge in [0.05, 0.1) is 0 Å². The first-order valence-corrected chi connectivity index (χ1v) is 5.53. The molecule has 1 aromatic carbocycles. The molecule has 0 aliphatic heterocycles. The van der Waals surface area contributed by atoms with Crippen molar-refractivity contribution in [2.24, 2.45) is 0 Å². The highest BCUT2D eigenvalue weighted by molar-refractivity contribution is 6.31. The number of Topliss-reactive ketones (excluding diaryl/α,β-unsaturated/α-hetero) is 1. The van der Waals surface area contributed by atoms with Gasteiger partial charge in [-0.2, -0.15) is 0 Å². The average molecular weight is 241 g/mol. The van der Waals surface area contributed by atoms with Gasteiger partial charge in [0.15, 0.2) is 0 Å². The van der Waals surface area contributed by atoms with E-state index in [1.54, 1.807) is 6.07 Å². The lowest BCUT2D eigenvalue weighted by Gasteiger charge is -2.04. The average Bonchev–Trinajstić information content (AvgIpc) is 2.22. The van der Waals surface area contributed by atoms with Crippen molar-refractivity contribution < 1.29 is 9.18 Å². The van der Waals surface area contributed by atoms with Crippen molar-refractivity contribution in [3.63, 3.8) is 0 Å². The summed E-state index contributed by atoms with van der Waals surface area (Å²) in [5.41, 5.74) is 1.57. The van der Waals surface area contributed by atoms with Gasteiger partial charge in [0, 0.05) is 17.9 Å². The molecule has 0 aliphatic rings.